The summed E-state index contributed by atoms with van der Waals surface area (Å²) in [5.41, 5.74) is 0.672. The minimum absolute atomic E-state index is 0.672. The largest absolute Gasteiger partial charge is 0.368 e. The van der Waals surface area contributed by atoms with E-state index in [-0.39, 0.29) is 0 Å². The van der Waals surface area contributed by atoms with Crippen LogP contribution in [0, 0.1) is 5.92 Å². The Bertz CT molecular complexity index is 530. The highest BCUT2D eigenvalue weighted by atomic mass is 15.5. The molecular formula is C12H19N7. The van der Waals surface area contributed by atoms with Crippen LogP contribution in [0.15, 0.2) is 12.4 Å². The van der Waals surface area contributed by atoms with Gasteiger partial charge >= 0.3 is 0 Å². The first-order valence-electron chi connectivity index (χ1n) is 6.85. The molecule has 102 valence electrons. The summed E-state index contributed by atoms with van der Waals surface area (Å²) < 4.78 is 1.69. The van der Waals surface area contributed by atoms with E-state index in [4.69, 9.17) is 0 Å². The minimum atomic E-state index is 0.672. The van der Waals surface area contributed by atoms with E-state index in [1.165, 1.54) is 25.9 Å². The molecule has 7 heteroatoms. The second-order valence-electron chi connectivity index (χ2n) is 5.00. The number of hydrogen-bond acceptors (Lipinski definition) is 6. The maximum atomic E-state index is 4.14. The maximum Gasteiger partial charge on any atom is 0.199 e. The van der Waals surface area contributed by atoms with Crippen molar-refractivity contribution in [3.8, 4) is 0 Å². The zero-order valence-corrected chi connectivity index (χ0v) is 11.2. The van der Waals surface area contributed by atoms with Crippen LogP contribution in [-0.4, -0.2) is 56.1 Å². The second-order valence-corrected chi connectivity index (χ2v) is 5.00. The highest BCUT2D eigenvalue weighted by Gasteiger charge is 2.18. The normalized spacial score (nSPS) is 17.9. The van der Waals surface area contributed by atoms with Crippen molar-refractivity contribution in [3.63, 3.8) is 0 Å². The highest BCUT2D eigenvalue weighted by Crippen LogP contribution is 2.17. The predicted octanol–water partition coefficient (Wildman–Crippen LogP) is 0.663. The first-order valence-corrected chi connectivity index (χ1v) is 6.85. The molecule has 0 spiro atoms. The summed E-state index contributed by atoms with van der Waals surface area (Å²) in [5, 5.41) is 14.9. The first kappa shape index (κ1) is 12.3. The van der Waals surface area contributed by atoms with Crippen molar-refractivity contribution >= 4 is 11.5 Å². The number of likely N-dealkylation sites (tertiary alicyclic amines) is 1. The van der Waals surface area contributed by atoms with Crippen molar-refractivity contribution in [2.24, 2.45) is 5.92 Å². The summed E-state index contributed by atoms with van der Waals surface area (Å²) in [6.45, 7) is 6.75. The molecule has 7 nitrogen and oxygen atoms in total. The van der Waals surface area contributed by atoms with E-state index in [1.807, 2.05) is 0 Å². The molecule has 1 N–H and O–H groups in total. The molecule has 0 saturated carbocycles. The summed E-state index contributed by atoms with van der Waals surface area (Å²) in [7, 11) is 0. The molecular weight excluding hydrogens is 242 g/mol. The molecule has 3 heterocycles. The van der Waals surface area contributed by atoms with Gasteiger partial charge in [0.2, 0.25) is 0 Å². The van der Waals surface area contributed by atoms with Gasteiger partial charge in [-0.15, -0.1) is 5.10 Å². The SMILES string of the molecule is CCN1CCC(CNc2cncc3nnnn23)CC1. The lowest BCUT2D eigenvalue weighted by Gasteiger charge is -2.31. The van der Waals surface area contributed by atoms with Crippen molar-refractivity contribution < 1.29 is 0 Å². The zero-order valence-electron chi connectivity index (χ0n) is 11.2. The van der Waals surface area contributed by atoms with Crippen molar-refractivity contribution in [3.05, 3.63) is 12.4 Å². The smallest absolute Gasteiger partial charge is 0.199 e. The van der Waals surface area contributed by atoms with Crippen molar-refractivity contribution in [1.29, 1.82) is 0 Å². The van der Waals surface area contributed by atoms with E-state index in [0.717, 1.165) is 24.8 Å². The van der Waals surface area contributed by atoms with Crippen LogP contribution in [0.3, 0.4) is 0 Å². The molecule has 2 aromatic heterocycles. The second kappa shape index (κ2) is 5.48. The van der Waals surface area contributed by atoms with Gasteiger partial charge in [0.1, 0.15) is 5.82 Å². The lowest BCUT2D eigenvalue weighted by molar-refractivity contribution is 0.198. The molecule has 2 aromatic rings. The summed E-state index contributed by atoms with van der Waals surface area (Å²) in [6, 6.07) is 0. The van der Waals surface area contributed by atoms with E-state index >= 15 is 0 Å². The monoisotopic (exact) mass is 261 g/mol. The number of tetrazole rings is 1. The van der Waals surface area contributed by atoms with Crippen molar-refractivity contribution in [1.82, 2.24) is 29.9 Å². The van der Waals surface area contributed by atoms with E-state index in [1.54, 1.807) is 16.9 Å². The Morgan fingerprint density at radius 3 is 2.95 bits per heavy atom. The number of fused-ring (bicyclic) bond motifs is 1. The number of nitrogens with zero attached hydrogens (tertiary/aromatic N) is 6. The number of nitrogens with one attached hydrogen (secondary N) is 1. The molecule has 0 unspecified atom stereocenters. The molecule has 3 rings (SSSR count). The Morgan fingerprint density at radius 1 is 1.32 bits per heavy atom. The van der Waals surface area contributed by atoms with Gasteiger partial charge in [-0.25, -0.2) is 0 Å². The molecule has 1 fully saturated rings. The Balaban J connectivity index is 1.59. The summed E-state index contributed by atoms with van der Waals surface area (Å²) in [5.74, 6) is 1.58. The van der Waals surface area contributed by atoms with Crippen LogP contribution in [0.1, 0.15) is 19.8 Å². The quantitative estimate of drug-likeness (QED) is 0.872. The average molecular weight is 261 g/mol. The summed E-state index contributed by atoms with van der Waals surface area (Å²) in [6.07, 6.45) is 5.93. The number of hydrogen-bond donors (Lipinski definition) is 1. The number of aromatic nitrogens is 5. The fourth-order valence-electron chi connectivity index (χ4n) is 2.55. The van der Waals surface area contributed by atoms with E-state index < -0.39 is 0 Å². The van der Waals surface area contributed by atoms with Crippen LogP contribution in [0.5, 0.6) is 0 Å². The molecule has 0 bridgehead atoms. The minimum Gasteiger partial charge on any atom is -0.368 e. The number of rotatable bonds is 4. The Morgan fingerprint density at radius 2 is 2.16 bits per heavy atom. The zero-order chi connectivity index (χ0) is 13.1. The van der Waals surface area contributed by atoms with Gasteiger partial charge in [0.25, 0.3) is 0 Å². The van der Waals surface area contributed by atoms with Crippen LogP contribution in [0.4, 0.5) is 5.82 Å². The van der Waals surface area contributed by atoms with Gasteiger partial charge in [-0.3, -0.25) is 4.98 Å². The summed E-state index contributed by atoms with van der Waals surface area (Å²) in [4.78, 5) is 6.64. The highest BCUT2D eigenvalue weighted by molar-refractivity contribution is 5.43. The van der Waals surface area contributed by atoms with Crippen LogP contribution in [0.25, 0.3) is 5.65 Å². The third-order valence-electron chi connectivity index (χ3n) is 3.83. The molecule has 1 aliphatic rings. The van der Waals surface area contributed by atoms with Crippen LogP contribution >= 0.6 is 0 Å². The Hall–Kier alpha value is -1.76. The first-order chi connectivity index (χ1) is 9.36. The third-order valence-corrected chi connectivity index (χ3v) is 3.83. The predicted molar refractivity (Wildman–Crippen MR) is 71.9 cm³/mol. The lowest BCUT2D eigenvalue weighted by Crippen LogP contribution is -2.35. The molecule has 0 atom stereocenters. The van der Waals surface area contributed by atoms with Gasteiger partial charge in [-0.1, -0.05) is 6.92 Å². The summed E-state index contributed by atoms with van der Waals surface area (Å²) >= 11 is 0. The molecule has 0 aliphatic carbocycles. The van der Waals surface area contributed by atoms with Gasteiger partial charge in [-0.2, -0.15) is 4.52 Å². The molecule has 19 heavy (non-hydrogen) atoms. The van der Waals surface area contributed by atoms with E-state index in [2.05, 4.69) is 37.6 Å². The van der Waals surface area contributed by atoms with Gasteiger partial charge in [-0.05, 0) is 48.8 Å². The molecule has 0 amide bonds. The van der Waals surface area contributed by atoms with Gasteiger partial charge < -0.3 is 10.2 Å². The molecule has 1 aliphatic heterocycles. The van der Waals surface area contributed by atoms with Gasteiger partial charge in [0.15, 0.2) is 5.65 Å². The van der Waals surface area contributed by atoms with E-state index in [0.29, 0.717) is 5.65 Å². The number of anilines is 1. The van der Waals surface area contributed by atoms with Crippen molar-refractivity contribution in [2.75, 3.05) is 31.5 Å². The van der Waals surface area contributed by atoms with Crippen LogP contribution < -0.4 is 5.32 Å². The van der Waals surface area contributed by atoms with Crippen LogP contribution in [-0.2, 0) is 0 Å². The standard InChI is InChI=1S/C12H19N7/c1-2-18-5-3-10(4-6-18)7-14-11-8-13-9-12-15-16-17-19(11)12/h8-10,14H,2-7H2,1H3. The molecule has 1 saturated heterocycles. The fourth-order valence-corrected chi connectivity index (χ4v) is 2.55. The number of piperidine rings is 1. The molecule has 0 aromatic carbocycles. The lowest BCUT2D eigenvalue weighted by atomic mass is 9.97. The van der Waals surface area contributed by atoms with Crippen molar-refractivity contribution in [2.45, 2.75) is 19.8 Å². The maximum absolute atomic E-state index is 4.14. The Labute approximate surface area is 112 Å². The van der Waals surface area contributed by atoms with Gasteiger partial charge in [0, 0.05) is 6.54 Å². The van der Waals surface area contributed by atoms with E-state index in [9.17, 15) is 0 Å². The van der Waals surface area contributed by atoms with Crippen LogP contribution in [0.2, 0.25) is 0 Å². The topological polar surface area (TPSA) is 71.2 Å². The average Bonchev–Trinajstić information content (AvgIpc) is 2.94. The molecule has 0 radical (unpaired) electrons. The fraction of sp³-hybridized carbons (Fsp3) is 0.667. The van der Waals surface area contributed by atoms with Gasteiger partial charge in [0.05, 0.1) is 12.4 Å². The Kier molecular flexibility index (Phi) is 3.54. The third kappa shape index (κ3) is 2.65.